The summed E-state index contributed by atoms with van der Waals surface area (Å²) in [7, 11) is 1.26. The fourth-order valence-corrected chi connectivity index (χ4v) is 2.29. The summed E-state index contributed by atoms with van der Waals surface area (Å²) >= 11 is 3.22. The van der Waals surface area contributed by atoms with Crippen molar-refractivity contribution in [1.82, 2.24) is 9.78 Å². The molecule has 1 saturated carbocycles. The van der Waals surface area contributed by atoms with Gasteiger partial charge in [-0.3, -0.25) is 9.59 Å². The van der Waals surface area contributed by atoms with Gasteiger partial charge in [0.2, 0.25) is 0 Å². The monoisotopic (exact) mass is 330 g/mol. The van der Waals surface area contributed by atoms with Gasteiger partial charge < -0.3 is 15.8 Å². The van der Waals surface area contributed by atoms with Crippen molar-refractivity contribution in [3.8, 4) is 0 Å². The Morgan fingerprint density at radius 3 is 2.95 bits per heavy atom. The van der Waals surface area contributed by atoms with Gasteiger partial charge in [0.25, 0.3) is 5.56 Å². The molecule has 19 heavy (non-hydrogen) atoms. The molecule has 0 bridgehead atoms. The zero-order chi connectivity index (χ0) is 14.0. The second-order valence-corrected chi connectivity index (χ2v) is 5.28. The summed E-state index contributed by atoms with van der Waals surface area (Å²) in [5.41, 5.74) is 5.94. The maximum Gasteiger partial charge on any atom is 0.327 e. The molecule has 1 aliphatic carbocycles. The summed E-state index contributed by atoms with van der Waals surface area (Å²) in [4.78, 5) is 23.1. The molecule has 8 heteroatoms. The minimum absolute atomic E-state index is 0.206. The van der Waals surface area contributed by atoms with E-state index in [0.717, 1.165) is 17.5 Å². The molecule has 1 fully saturated rings. The summed E-state index contributed by atoms with van der Waals surface area (Å²) in [5, 5.41) is 7.13. The molecule has 1 aromatic heterocycles. The van der Waals surface area contributed by atoms with Crippen molar-refractivity contribution in [2.45, 2.75) is 31.5 Å². The van der Waals surface area contributed by atoms with Gasteiger partial charge >= 0.3 is 5.97 Å². The average molecular weight is 331 g/mol. The molecule has 1 aliphatic rings. The van der Waals surface area contributed by atoms with Crippen LogP contribution in [0.2, 0.25) is 0 Å². The van der Waals surface area contributed by atoms with E-state index >= 15 is 0 Å². The fourth-order valence-electron chi connectivity index (χ4n) is 1.86. The number of rotatable bonds is 4. The predicted molar refractivity (Wildman–Crippen MR) is 72.8 cm³/mol. The lowest BCUT2D eigenvalue weighted by molar-refractivity contribution is -0.141. The van der Waals surface area contributed by atoms with E-state index in [2.05, 4.69) is 31.1 Å². The van der Waals surface area contributed by atoms with Gasteiger partial charge in [-0.2, -0.15) is 5.10 Å². The number of methoxy groups -OCH3 is 1. The van der Waals surface area contributed by atoms with E-state index < -0.39 is 5.97 Å². The van der Waals surface area contributed by atoms with Crippen LogP contribution in [-0.4, -0.2) is 34.9 Å². The maximum absolute atomic E-state index is 12.0. The van der Waals surface area contributed by atoms with E-state index in [1.807, 2.05) is 0 Å². The van der Waals surface area contributed by atoms with Crippen LogP contribution in [0.3, 0.4) is 0 Å². The molecule has 104 valence electrons. The average Bonchev–Trinajstić information content (AvgIpc) is 2.36. The van der Waals surface area contributed by atoms with Crippen molar-refractivity contribution in [1.29, 1.82) is 0 Å². The number of hydrogen-bond donors (Lipinski definition) is 2. The summed E-state index contributed by atoms with van der Waals surface area (Å²) < 4.78 is 5.90. The third-order valence-electron chi connectivity index (χ3n) is 3.03. The van der Waals surface area contributed by atoms with Gasteiger partial charge in [-0.05, 0) is 28.8 Å². The Morgan fingerprint density at radius 2 is 2.37 bits per heavy atom. The van der Waals surface area contributed by atoms with Gasteiger partial charge in [-0.1, -0.05) is 0 Å². The van der Waals surface area contributed by atoms with E-state index in [-0.39, 0.29) is 24.2 Å². The van der Waals surface area contributed by atoms with Crippen molar-refractivity contribution in [2.24, 2.45) is 5.73 Å². The first-order valence-electron chi connectivity index (χ1n) is 5.85. The van der Waals surface area contributed by atoms with E-state index in [4.69, 9.17) is 5.73 Å². The number of ether oxygens (including phenoxy) is 1. The Labute approximate surface area is 118 Å². The number of carbonyl (C=O) groups is 1. The number of anilines is 1. The third-order valence-corrected chi connectivity index (χ3v) is 3.79. The van der Waals surface area contributed by atoms with Crippen LogP contribution in [0.5, 0.6) is 0 Å². The number of halogens is 1. The highest BCUT2D eigenvalue weighted by atomic mass is 79.9. The largest absolute Gasteiger partial charge is 0.468 e. The Bertz CT molecular complexity index is 539. The molecule has 0 aromatic carbocycles. The highest BCUT2D eigenvalue weighted by molar-refractivity contribution is 9.10. The van der Waals surface area contributed by atoms with Gasteiger partial charge in [0.05, 0.1) is 19.0 Å². The predicted octanol–water partition coefficient (Wildman–Crippen LogP) is 0.0804. The molecule has 0 unspecified atom stereocenters. The lowest BCUT2D eigenvalue weighted by Gasteiger charge is -2.33. The Morgan fingerprint density at radius 1 is 1.68 bits per heavy atom. The van der Waals surface area contributed by atoms with Gasteiger partial charge in [0.1, 0.15) is 11.0 Å². The summed E-state index contributed by atoms with van der Waals surface area (Å²) in [5.74, 6) is -0.521. The van der Waals surface area contributed by atoms with Crippen LogP contribution in [0.25, 0.3) is 0 Å². The van der Waals surface area contributed by atoms with Crippen molar-refractivity contribution in [2.75, 3.05) is 12.4 Å². The second-order valence-electron chi connectivity index (χ2n) is 4.48. The number of nitrogens with two attached hydrogens (primary N) is 1. The van der Waals surface area contributed by atoms with Crippen molar-refractivity contribution < 1.29 is 9.53 Å². The summed E-state index contributed by atoms with van der Waals surface area (Å²) in [6, 6.07) is 0.493. The zero-order valence-electron chi connectivity index (χ0n) is 10.4. The molecule has 0 aliphatic heterocycles. The highest BCUT2D eigenvalue weighted by Gasteiger charge is 2.26. The van der Waals surface area contributed by atoms with Crippen LogP contribution in [0.4, 0.5) is 5.69 Å². The van der Waals surface area contributed by atoms with Crippen molar-refractivity contribution >= 4 is 27.6 Å². The van der Waals surface area contributed by atoms with Crippen LogP contribution in [-0.2, 0) is 16.1 Å². The SMILES string of the molecule is COC(=O)Cn1ncc(NC2CC(N)C2)c(Br)c1=O. The maximum atomic E-state index is 12.0. The molecule has 7 nitrogen and oxygen atoms in total. The molecule has 0 spiro atoms. The number of carbonyl (C=O) groups excluding carboxylic acids is 1. The fraction of sp³-hybridized carbons (Fsp3) is 0.545. The molecule has 3 N–H and O–H groups in total. The van der Waals surface area contributed by atoms with E-state index in [1.54, 1.807) is 0 Å². The standard InChI is InChI=1S/C11H15BrN4O3/c1-19-9(17)5-16-11(18)10(12)8(4-14-16)15-7-2-6(13)3-7/h4,6-7,15H,2-3,5,13H2,1H3. The first kappa shape index (κ1) is 14.0. The molecular weight excluding hydrogens is 316 g/mol. The lowest BCUT2D eigenvalue weighted by Crippen LogP contribution is -2.44. The first-order valence-corrected chi connectivity index (χ1v) is 6.65. The second kappa shape index (κ2) is 5.70. The third kappa shape index (κ3) is 3.13. The molecule has 0 amide bonds. The quantitative estimate of drug-likeness (QED) is 0.758. The van der Waals surface area contributed by atoms with E-state index in [1.165, 1.54) is 13.3 Å². The summed E-state index contributed by atoms with van der Waals surface area (Å²) in [6.45, 7) is -0.206. The molecule has 1 aromatic rings. The van der Waals surface area contributed by atoms with Gasteiger partial charge in [0, 0.05) is 12.1 Å². The minimum atomic E-state index is -0.521. The van der Waals surface area contributed by atoms with Crippen molar-refractivity contribution in [3.63, 3.8) is 0 Å². The first-order chi connectivity index (χ1) is 9.01. The number of nitrogens with one attached hydrogen (secondary N) is 1. The number of hydrogen-bond acceptors (Lipinski definition) is 6. The van der Waals surface area contributed by atoms with Crippen molar-refractivity contribution in [3.05, 3.63) is 21.0 Å². The Kier molecular flexibility index (Phi) is 4.20. The number of aromatic nitrogens is 2. The highest BCUT2D eigenvalue weighted by Crippen LogP contribution is 2.25. The molecule has 2 rings (SSSR count). The molecule has 0 radical (unpaired) electrons. The van der Waals surface area contributed by atoms with Gasteiger partial charge in [-0.15, -0.1) is 0 Å². The van der Waals surface area contributed by atoms with E-state index in [0.29, 0.717) is 10.2 Å². The molecule has 0 atom stereocenters. The van der Waals surface area contributed by atoms with Crippen LogP contribution < -0.4 is 16.6 Å². The zero-order valence-corrected chi connectivity index (χ0v) is 12.0. The number of esters is 1. The summed E-state index contributed by atoms with van der Waals surface area (Å²) in [6.07, 6.45) is 3.26. The molecular formula is C11H15BrN4O3. The van der Waals surface area contributed by atoms with E-state index in [9.17, 15) is 9.59 Å². The Balaban J connectivity index is 2.13. The topological polar surface area (TPSA) is 99.2 Å². The van der Waals surface area contributed by atoms with Gasteiger partial charge in [-0.25, -0.2) is 4.68 Å². The van der Waals surface area contributed by atoms with Crippen LogP contribution >= 0.6 is 15.9 Å². The minimum Gasteiger partial charge on any atom is -0.468 e. The van der Waals surface area contributed by atoms with Crippen LogP contribution in [0.15, 0.2) is 15.5 Å². The number of nitrogens with zero attached hydrogens (tertiary/aromatic N) is 2. The molecule has 1 heterocycles. The smallest absolute Gasteiger partial charge is 0.327 e. The molecule has 0 saturated heterocycles. The van der Waals surface area contributed by atoms with Gasteiger partial charge in [0.15, 0.2) is 0 Å². The Hall–Kier alpha value is -1.41. The van der Waals surface area contributed by atoms with Crippen LogP contribution in [0.1, 0.15) is 12.8 Å². The lowest BCUT2D eigenvalue weighted by atomic mass is 9.87. The van der Waals surface area contributed by atoms with Crippen LogP contribution in [0, 0.1) is 0 Å². The normalized spacial score (nSPS) is 21.6.